The average Bonchev–Trinajstić information content (AvgIpc) is 2.67. The van der Waals surface area contributed by atoms with Gasteiger partial charge in [-0.3, -0.25) is 4.79 Å². The van der Waals surface area contributed by atoms with Crippen molar-refractivity contribution in [3.05, 3.63) is 69.8 Å². The molecule has 8 nitrogen and oxygen atoms in total. The fourth-order valence-corrected chi connectivity index (χ4v) is 3.70. The number of rotatable bonds is 5. The number of nitrogens with one attached hydrogen (secondary N) is 1. The minimum Gasteiger partial charge on any atom is -0.451 e. The predicted molar refractivity (Wildman–Crippen MR) is 108 cm³/mol. The van der Waals surface area contributed by atoms with Crippen LogP contribution < -0.4 is 5.56 Å². The van der Waals surface area contributed by atoms with E-state index in [0.717, 1.165) is 4.31 Å². The van der Waals surface area contributed by atoms with Crippen LogP contribution in [-0.2, 0) is 14.8 Å². The minimum absolute atomic E-state index is 0.00931. The molecular weight excluding hydrogens is 394 g/mol. The van der Waals surface area contributed by atoms with Crippen LogP contribution in [-0.4, -0.2) is 42.8 Å². The van der Waals surface area contributed by atoms with Crippen molar-refractivity contribution in [2.45, 2.75) is 24.8 Å². The van der Waals surface area contributed by atoms with Gasteiger partial charge in [-0.05, 0) is 43.7 Å². The van der Waals surface area contributed by atoms with Gasteiger partial charge in [0.15, 0.2) is 11.9 Å². The topological polar surface area (TPSA) is 109 Å². The molecule has 0 aliphatic heterocycles. The molecule has 0 saturated heterocycles. The van der Waals surface area contributed by atoms with Gasteiger partial charge in [0.2, 0.25) is 10.0 Å². The van der Waals surface area contributed by atoms with E-state index in [-0.39, 0.29) is 21.8 Å². The highest BCUT2D eigenvalue weighted by Crippen LogP contribution is 2.22. The molecule has 1 N–H and O–H groups in total. The number of aromatic amines is 1. The maximum Gasteiger partial charge on any atom is 0.339 e. The average molecular weight is 415 g/mol. The van der Waals surface area contributed by atoms with Crippen LogP contribution in [0.3, 0.4) is 0 Å². The lowest BCUT2D eigenvalue weighted by Crippen LogP contribution is -2.23. The summed E-state index contributed by atoms with van der Waals surface area (Å²) in [6.45, 7) is 3.27. The second-order valence-electron chi connectivity index (χ2n) is 6.78. The van der Waals surface area contributed by atoms with Crippen LogP contribution in [0.4, 0.5) is 0 Å². The quantitative estimate of drug-likeness (QED) is 0.641. The van der Waals surface area contributed by atoms with Crippen LogP contribution in [0.25, 0.3) is 10.9 Å². The van der Waals surface area contributed by atoms with Crippen molar-refractivity contribution < 1.29 is 17.9 Å². The number of carbonyl (C=O) groups excluding carboxylic acids is 1. The molecule has 0 aliphatic carbocycles. The predicted octanol–water partition coefficient (Wildman–Crippen LogP) is 2.40. The first-order valence-corrected chi connectivity index (χ1v) is 10.3. The van der Waals surface area contributed by atoms with Gasteiger partial charge < -0.3 is 9.72 Å². The zero-order chi connectivity index (χ0) is 21.3. The van der Waals surface area contributed by atoms with Crippen molar-refractivity contribution in [2.24, 2.45) is 0 Å². The number of hydrogen-bond acceptors (Lipinski definition) is 6. The lowest BCUT2D eigenvalue weighted by Gasteiger charge is -2.16. The SMILES string of the molecule is Cc1ccc(S(=O)(=O)N(C)C)cc1C(=O)O[C@@H](C)c1nc2ccccc2c(=O)[nH]1. The highest BCUT2D eigenvalue weighted by atomic mass is 32.2. The Hall–Kier alpha value is -3.04. The molecule has 3 aromatic rings. The fraction of sp³-hybridized carbons (Fsp3) is 0.250. The Kier molecular flexibility index (Phi) is 5.54. The molecule has 152 valence electrons. The Labute approximate surface area is 168 Å². The molecule has 1 aromatic heterocycles. The van der Waals surface area contributed by atoms with Gasteiger partial charge >= 0.3 is 5.97 Å². The third kappa shape index (κ3) is 4.06. The molecule has 0 unspecified atom stereocenters. The van der Waals surface area contributed by atoms with Crippen LogP contribution in [0, 0.1) is 6.92 Å². The zero-order valence-electron chi connectivity index (χ0n) is 16.5. The zero-order valence-corrected chi connectivity index (χ0v) is 17.3. The van der Waals surface area contributed by atoms with Gasteiger partial charge in [-0.15, -0.1) is 0 Å². The van der Waals surface area contributed by atoms with E-state index in [0.29, 0.717) is 16.5 Å². The number of para-hydroxylation sites is 1. The maximum absolute atomic E-state index is 12.7. The van der Waals surface area contributed by atoms with E-state index in [1.807, 2.05) is 0 Å². The van der Waals surface area contributed by atoms with Crippen LogP contribution in [0.2, 0.25) is 0 Å². The van der Waals surface area contributed by atoms with Gasteiger partial charge in [-0.1, -0.05) is 18.2 Å². The summed E-state index contributed by atoms with van der Waals surface area (Å²) in [5, 5.41) is 0.437. The van der Waals surface area contributed by atoms with E-state index in [1.54, 1.807) is 44.2 Å². The number of sulfonamides is 1. The summed E-state index contributed by atoms with van der Waals surface area (Å²) in [5.74, 6) is -0.501. The molecule has 0 radical (unpaired) electrons. The molecule has 0 bridgehead atoms. The number of fused-ring (bicyclic) bond motifs is 1. The monoisotopic (exact) mass is 415 g/mol. The second kappa shape index (κ2) is 7.76. The first-order chi connectivity index (χ1) is 13.6. The van der Waals surface area contributed by atoms with Crippen molar-refractivity contribution in [3.8, 4) is 0 Å². The minimum atomic E-state index is -3.69. The number of carbonyl (C=O) groups is 1. The number of esters is 1. The van der Waals surface area contributed by atoms with Crippen LogP contribution in [0.15, 0.2) is 52.2 Å². The number of H-pyrrole nitrogens is 1. The Balaban J connectivity index is 1.92. The summed E-state index contributed by atoms with van der Waals surface area (Å²) < 4.78 is 31.2. The molecule has 29 heavy (non-hydrogen) atoms. The van der Waals surface area contributed by atoms with Crippen LogP contribution in [0.1, 0.15) is 34.8 Å². The van der Waals surface area contributed by atoms with E-state index in [1.165, 1.54) is 26.2 Å². The summed E-state index contributed by atoms with van der Waals surface area (Å²) in [6, 6.07) is 11.1. The summed E-state index contributed by atoms with van der Waals surface area (Å²) in [6.07, 6.45) is -0.840. The summed E-state index contributed by atoms with van der Waals surface area (Å²) in [5.41, 5.74) is 0.857. The van der Waals surface area contributed by atoms with E-state index in [9.17, 15) is 18.0 Å². The standard InChI is InChI=1S/C20H21N3O5S/c1-12-9-10-14(29(26,27)23(3)4)11-16(12)20(25)28-13(2)18-21-17-8-6-5-7-15(17)19(24)22-18/h5-11,13H,1-4H3,(H,21,22,24)/t13-/m0/s1. The molecule has 0 aliphatic rings. The van der Waals surface area contributed by atoms with E-state index >= 15 is 0 Å². The summed E-state index contributed by atoms with van der Waals surface area (Å²) in [7, 11) is -0.867. The van der Waals surface area contributed by atoms with E-state index < -0.39 is 22.1 Å². The Morgan fingerprint density at radius 2 is 1.86 bits per heavy atom. The van der Waals surface area contributed by atoms with E-state index in [2.05, 4.69) is 9.97 Å². The van der Waals surface area contributed by atoms with Gasteiger partial charge in [0.1, 0.15) is 0 Å². The molecule has 0 saturated carbocycles. The Morgan fingerprint density at radius 1 is 1.17 bits per heavy atom. The highest BCUT2D eigenvalue weighted by molar-refractivity contribution is 7.89. The van der Waals surface area contributed by atoms with Gasteiger partial charge in [0, 0.05) is 14.1 Å². The normalized spacial score (nSPS) is 12.9. The number of ether oxygens (including phenoxy) is 1. The summed E-state index contributed by atoms with van der Waals surface area (Å²) in [4.78, 5) is 31.9. The first kappa shape index (κ1) is 20.7. The van der Waals surface area contributed by atoms with Gasteiger partial charge in [-0.25, -0.2) is 22.5 Å². The van der Waals surface area contributed by atoms with Crippen LogP contribution in [0.5, 0.6) is 0 Å². The Morgan fingerprint density at radius 3 is 2.55 bits per heavy atom. The first-order valence-electron chi connectivity index (χ1n) is 8.84. The molecule has 0 amide bonds. The van der Waals surface area contributed by atoms with Crippen molar-refractivity contribution in [1.29, 1.82) is 0 Å². The van der Waals surface area contributed by atoms with Gasteiger partial charge in [0.05, 0.1) is 21.4 Å². The number of aryl methyl sites for hydroxylation is 1. The molecule has 1 atom stereocenters. The van der Waals surface area contributed by atoms with Crippen molar-refractivity contribution >= 4 is 26.9 Å². The highest BCUT2D eigenvalue weighted by Gasteiger charge is 2.23. The third-order valence-electron chi connectivity index (χ3n) is 4.51. The van der Waals surface area contributed by atoms with Crippen molar-refractivity contribution in [2.75, 3.05) is 14.1 Å². The molecule has 1 heterocycles. The van der Waals surface area contributed by atoms with Crippen molar-refractivity contribution in [3.63, 3.8) is 0 Å². The maximum atomic E-state index is 12.7. The molecule has 0 fully saturated rings. The smallest absolute Gasteiger partial charge is 0.339 e. The lowest BCUT2D eigenvalue weighted by atomic mass is 10.1. The van der Waals surface area contributed by atoms with Gasteiger partial charge in [-0.2, -0.15) is 0 Å². The third-order valence-corrected chi connectivity index (χ3v) is 6.32. The summed E-state index contributed by atoms with van der Waals surface area (Å²) >= 11 is 0. The molecular formula is C20H21N3O5S. The molecule has 3 rings (SSSR count). The largest absolute Gasteiger partial charge is 0.451 e. The number of nitrogens with zero attached hydrogens (tertiary/aromatic N) is 2. The molecule has 0 spiro atoms. The lowest BCUT2D eigenvalue weighted by molar-refractivity contribution is 0.0319. The van der Waals surface area contributed by atoms with Crippen molar-refractivity contribution in [1.82, 2.24) is 14.3 Å². The number of hydrogen-bond donors (Lipinski definition) is 1. The fourth-order valence-electron chi connectivity index (χ4n) is 2.77. The van der Waals surface area contributed by atoms with E-state index in [4.69, 9.17) is 4.74 Å². The molecule has 2 aromatic carbocycles. The van der Waals surface area contributed by atoms with Gasteiger partial charge in [0.25, 0.3) is 5.56 Å². The second-order valence-corrected chi connectivity index (χ2v) is 8.93. The molecule has 9 heteroatoms. The number of aromatic nitrogens is 2. The van der Waals surface area contributed by atoms with Crippen LogP contribution >= 0.6 is 0 Å². The number of benzene rings is 2. The Bertz CT molecular complexity index is 1250.